The number of hydrogen-bond donors (Lipinski definition) is 2. The van der Waals surface area contributed by atoms with Crippen molar-refractivity contribution in [2.24, 2.45) is 0 Å². The summed E-state index contributed by atoms with van der Waals surface area (Å²) in [5.74, 6) is 0.504. The smallest absolute Gasteiger partial charge is 0.156 e. The first kappa shape index (κ1) is 12.1. The maximum atomic E-state index is 11.8. The van der Waals surface area contributed by atoms with Crippen molar-refractivity contribution >= 4 is 17.3 Å². The molecule has 0 radical (unpaired) electrons. The number of carbonyl (C=O) groups is 1. The second-order valence-corrected chi connectivity index (χ2v) is 3.98. The van der Waals surface area contributed by atoms with Gasteiger partial charge in [0, 0.05) is 23.9 Å². The van der Waals surface area contributed by atoms with Gasteiger partial charge in [-0.05, 0) is 18.2 Å². The molecule has 0 aliphatic heterocycles. The van der Waals surface area contributed by atoms with Crippen LogP contribution in [0.25, 0.3) is 0 Å². The van der Waals surface area contributed by atoms with Gasteiger partial charge >= 0.3 is 0 Å². The summed E-state index contributed by atoms with van der Waals surface area (Å²) < 4.78 is 0. The van der Waals surface area contributed by atoms with Gasteiger partial charge in [-0.25, -0.2) is 4.98 Å². The molecule has 1 heterocycles. The number of nitrogens with two attached hydrogens (primary N) is 1. The van der Waals surface area contributed by atoms with Crippen LogP contribution in [0.5, 0.6) is 0 Å². The maximum Gasteiger partial charge on any atom is 0.156 e. The van der Waals surface area contributed by atoms with E-state index in [1.54, 1.807) is 12.3 Å². The number of para-hydroxylation sites is 1. The number of benzene rings is 1. The minimum Gasteiger partial charge on any atom is -0.383 e. The van der Waals surface area contributed by atoms with Crippen molar-refractivity contribution < 1.29 is 4.79 Å². The predicted molar refractivity (Wildman–Crippen MR) is 72.3 cm³/mol. The Labute approximate surface area is 106 Å². The summed E-state index contributed by atoms with van der Waals surface area (Å²) in [6.07, 6.45) is 1.92. The van der Waals surface area contributed by atoms with Crippen LogP contribution in [0, 0.1) is 0 Å². The highest BCUT2D eigenvalue weighted by molar-refractivity contribution is 5.85. The van der Waals surface area contributed by atoms with E-state index in [1.165, 1.54) is 0 Å². The normalized spacial score (nSPS) is 10.0. The van der Waals surface area contributed by atoms with Crippen LogP contribution in [0.3, 0.4) is 0 Å². The maximum absolute atomic E-state index is 11.8. The lowest BCUT2D eigenvalue weighted by molar-refractivity contribution is -0.116. The highest BCUT2D eigenvalue weighted by Crippen LogP contribution is 2.09. The molecule has 0 aliphatic rings. The van der Waals surface area contributed by atoms with Gasteiger partial charge in [-0.1, -0.05) is 24.3 Å². The van der Waals surface area contributed by atoms with E-state index in [-0.39, 0.29) is 5.78 Å². The Morgan fingerprint density at radius 1 is 1.17 bits per heavy atom. The first-order valence-corrected chi connectivity index (χ1v) is 5.75. The van der Waals surface area contributed by atoms with Crippen LogP contribution in [0.4, 0.5) is 11.5 Å². The molecular weight excluding hydrogens is 226 g/mol. The predicted octanol–water partition coefficient (Wildman–Crippen LogP) is 1.89. The average molecular weight is 241 g/mol. The first-order valence-electron chi connectivity index (χ1n) is 5.75. The van der Waals surface area contributed by atoms with Crippen molar-refractivity contribution in [2.45, 2.75) is 6.42 Å². The largest absolute Gasteiger partial charge is 0.383 e. The Bertz CT molecular complexity index is 526. The van der Waals surface area contributed by atoms with Crippen LogP contribution in [0.2, 0.25) is 0 Å². The molecule has 0 fully saturated rings. The Kier molecular flexibility index (Phi) is 3.91. The number of nitrogens with zero attached hydrogens (tertiary/aromatic N) is 1. The van der Waals surface area contributed by atoms with Gasteiger partial charge < -0.3 is 11.1 Å². The van der Waals surface area contributed by atoms with E-state index < -0.39 is 0 Å². The van der Waals surface area contributed by atoms with Crippen molar-refractivity contribution in [3.05, 3.63) is 54.2 Å². The lowest BCUT2D eigenvalue weighted by Gasteiger charge is -2.06. The topological polar surface area (TPSA) is 68.0 Å². The Morgan fingerprint density at radius 3 is 2.67 bits per heavy atom. The quantitative estimate of drug-likeness (QED) is 0.838. The van der Waals surface area contributed by atoms with Crippen LogP contribution in [0.1, 0.15) is 5.56 Å². The van der Waals surface area contributed by atoms with Gasteiger partial charge in [0.05, 0.1) is 6.54 Å². The molecule has 0 saturated heterocycles. The minimum atomic E-state index is 0.0820. The zero-order valence-electron chi connectivity index (χ0n) is 9.97. The highest BCUT2D eigenvalue weighted by Gasteiger charge is 2.06. The molecule has 0 atom stereocenters. The zero-order chi connectivity index (χ0) is 12.8. The molecule has 0 aliphatic carbocycles. The van der Waals surface area contributed by atoms with Crippen molar-refractivity contribution in [3.8, 4) is 0 Å². The van der Waals surface area contributed by atoms with E-state index in [0.717, 1.165) is 11.3 Å². The molecule has 1 aromatic heterocycles. The summed E-state index contributed by atoms with van der Waals surface area (Å²) in [4.78, 5) is 15.7. The molecule has 92 valence electrons. The molecule has 2 aromatic rings. The van der Waals surface area contributed by atoms with Gasteiger partial charge in [-0.15, -0.1) is 0 Å². The van der Waals surface area contributed by atoms with E-state index in [0.29, 0.717) is 18.8 Å². The monoisotopic (exact) mass is 241 g/mol. The molecule has 4 heteroatoms. The molecule has 4 nitrogen and oxygen atoms in total. The molecule has 0 unspecified atom stereocenters. The zero-order valence-corrected chi connectivity index (χ0v) is 9.97. The number of carbonyl (C=O) groups excluding carboxylic acids is 1. The van der Waals surface area contributed by atoms with E-state index in [9.17, 15) is 4.79 Å². The number of anilines is 2. The number of hydrogen-bond acceptors (Lipinski definition) is 4. The number of nitrogens with one attached hydrogen (secondary N) is 1. The summed E-state index contributed by atoms with van der Waals surface area (Å²) in [5.41, 5.74) is 7.40. The third-order valence-corrected chi connectivity index (χ3v) is 2.58. The summed E-state index contributed by atoms with van der Waals surface area (Å²) in [6.45, 7) is 0.290. The van der Waals surface area contributed by atoms with E-state index in [1.807, 2.05) is 36.4 Å². The molecule has 18 heavy (non-hydrogen) atoms. The summed E-state index contributed by atoms with van der Waals surface area (Å²) >= 11 is 0. The van der Waals surface area contributed by atoms with Crippen molar-refractivity contribution in [1.82, 2.24) is 4.98 Å². The molecule has 0 bridgehead atoms. The standard InChI is InChI=1S/C14H15N3O/c15-14-11(5-4-8-16-14)9-13(18)10-17-12-6-2-1-3-7-12/h1-8,17H,9-10H2,(H2,15,16). The minimum absolute atomic E-state index is 0.0820. The second-order valence-electron chi connectivity index (χ2n) is 3.98. The molecular formula is C14H15N3O. The fraction of sp³-hybridized carbons (Fsp3) is 0.143. The van der Waals surface area contributed by atoms with Gasteiger partial charge in [-0.3, -0.25) is 4.79 Å². The van der Waals surface area contributed by atoms with Crippen LogP contribution in [-0.2, 0) is 11.2 Å². The van der Waals surface area contributed by atoms with E-state index in [2.05, 4.69) is 10.3 Å². The Balaban J connectivity index is 1.88. The van der Waals surface area contributed by atoms with Gasteiger partial charge in [0.1, 0.15) is 5.82 Å². The third kappa shape index (κ3) is 3.31. The number of rotatable bonds is 5. The number of ketones is 1. The van der Waals surface area contributed by atoms with Crippen LogP contribution in [-0.4, -0.2) is 17.3 Å². The van der Waals surface area contributed by atoms with Crippen LogP contribution in [0.15, 0.2) is 48.7 Å². The highest BCUT2D eigenvalue weighted by atomic mass is 16.1. The van der Waals surface area contributed by atoms with Crippen LogP contribution < -0.4 is 11.1 Å². The molecule has 0 saturated carbocycles. The third-order valence-electron chi connectivity index (χ3n) is 2.58. The summed E-state index contributed by atoms with van der Waals surface area (Å²) in [7, 11) is 0. The van der Waals surface area contributed by atoms with Gasteiger partial charge in [0.15, 0.2) is 5.78 Å². The molecule has 0 amide bonds. The van der Waals surface area contributed by atoms with Crippen molar-refractivity contribution in [2.75, 3.05) is 17.6 Å². The summed E-state index contributed by atoms with van der Waals surface area (Å²) in [5, 5.41) is 3.07. The average Bonchev–Trinajstić information content (AvgIpc) is 2.40. The van der Waals surface area contributed by atoms with Crippen molar-refractivity contribution in [3.63, 3.8) is 0 Å². The SMILES string of the molecule is Nc1ncccc1CC(=O)CNc1ccccc1. The summed E-state index contributed by atoms with van der Waals surface area (Å²) in [6, 6.07) is 13.2. The van der Waals surface area contributed by atoms with Gasteiger partial charge in [-0.2, -0.15) is 0 Å². The number of nitrogen functional groups attached to an aromatic ring is 1. The van der Waals surface area contributed by atoms with Gasteiger partial charge in [0.2, 0.25) is 0 Å². The molecule has 1 aromatic carbocycles. The number of aromatic nitrogens is 1. The Hall–Kier alpha value is -2.36. The van der Waals surface area contributed by atoms with Gasteiger partial charge in [0.25, 0.3) is 0 Å². The fourth-order valence-corrected chi connectivity index (χ4v) is 1.63. The van der Waals surface area contributed by atoms with E-state index >= 15 is 0 Å². The molecule has 2 rings (SSSR count). The second kappa shape index (κ2) is 5.82. The van der Waals surface area contributed by atoms with Crippen molar-refractivity contribution in [1.29, 1.82) is 0 Å². The number of Topliss-reactive ketones (excluding diaryl/α,β-unsaturated/α-hetero) is 1. The lowest BCUT2D eigenvalue weighted by Crippen LogP contribution is -2.16. The molecule has 3 N–H and O–H groups in total. The van der Waals surface area contributed by atoms with E-state index in [4.69, 9.17) is 5.73 Å². The number of pyridine rings is 1. The molecule has 0 spiro atoms. The fourth-order valence-electron chi connectivity index (χ4n) is 1.63. The van der Waals surface area contributed by atoms with Crippen LogP contribution >= 0.6 is 0 Å². The first-order chi connectivity index (χ1) is 8.75. The lowest BCUT2D eigenvalue weighted by atomic mass is 10.1. The Morgan fingerprint density at radius 2 is 1.94 bits per heavy atom.